The van der Waals surface area contributed by atoms with Crippen LogP contribution in [-0.2, 0) is 9.59 Å². The SMILES string of the molecule is CC(NC(=O)CCCCC(=O)O)c1cccc(Cl)c1Cl. The third-order valence-corrected chi connectivity index (χ3v) is 3.70. The Morgan fingerprint density at radius 2 is 1.90 bits per heavy atom. The summed E-state index contributed by atoms with van der Waals surface area (Å²) in [5.74, 6) is -0.969. The topological polar surface area (TPSA) is 66.4 Å². The Bertz CT molecular complexity index is 491. The van der Waals surface area contributed by atoms with E-state index in [0.29, 0.717) is 29.3 Å². The number of carboxylic acid groups (broad SMARTS) is 1. The van der Waals surface area contributed by atoms with Gasteiger partial charge in [-0.3, -0.25) is 9.59 Å². The molecule has 0 aliphatic rings. The van der Waals surface area contributed by atoms with E-state index in [1.54, 1.807) is 12.1 Å². The third-order valence-electron chi connectivity index (χ3n) is 2.87. The van der Waals surface area contributed by atoms with Crippen molar-refractivity contribution < 1.29 is 14.7 Å². The molecule has 110 valence electrons. The summed E-state index contributed by atoms with van der Waals surface area (Å²) in [5, 5.41) is 12.2. The van der Waals surface area contributed by atoms with Crippen LogP contribution >= 0.6 is 23.2 Å². The summed E-state index contributed by atoms with van der Waals surface area (Å²) in [7, 11) is 0. The number of hydrogen-bond acceptors (Lipinski definition) is 2. The Balaban J connectivity index is 2.45. The maximum absolute atomic E-state index is 11.7. The lowest BCUT2D eigenvalue weighted by molar-refractivity contribution is -0.137. The van der Waals surface area contributed by atoms with Gasteiger partial charge in [-0.05, 0) is 31.4 Å². The molecule has 20 heavy (non-hydrogen) atoms. The number of rotatable bonds is 7. The van der Waals surface area contributed by atoms with Crippen LogP contribution in [0.25, 0.3) is 0 Å². The highest BCUT2D eigenvalue weighted by molar-refractivity contribution is 6.42. The molecule has 0 aromatic heterocycles. The lowest BCUT2D eigenvalue weighted by atomic mass is 10.1. The van der Waals surface area contributed by atoms with E-state index in [0.717, 1.165) is 5.56 Å². The van der Waals surface area contributed by atoms with Crippen LogP contribution in [0, 0.1) is 0 Å². The van der Waals surface area contributed by atoms with Crippen molar-refractivity contribution in [1.29, 1.82) is 0 Å². The fourth-order valence-corrected chi connectivity index (χ4v) is 2.28. The van der Waals surface area contributed by atoms with Gasteiger partial charge in [-0.2, -0.15) is 0 Å². The van der Waals surface area contributed by atoms with E-state index < -0.39 is 5.97 Å². The molecule has 0 saturated carbocycles. The molecular formula is C14H17Cl2NO3. The molecule has 0 heterocycles. The van der Waals surface area contributed by atoms with Crippen molar-refractivity contribution in [1.82, 2.24) is 5.32 Å². The second-order valence-electron chi connectivity index (χ2n) is 4.53. The van der Waals surface area contributed by atoms with Crippen LogP contribution in [0.5, 0.6) is 0 Å². The van der Waals surface area contributed by atoms with E-state index >= 15 is 0 Å². The van der Waals surface area contributed by atoms with E-state index in [-0.39, 0.29) is 18.4 Å². The zero-order valence-corrected chi connectivity index (χ0v) is 12.7. The maximum Gasteiger partial charge on any atom is 0.303 e. The second kappa shape index (κ2) is 8.12. The Labute approximate surface area is 128 Å². The van der Waals surface area contributed by atoms with Gasteiger partial charge < -0.3 is 10.4 Å². The molecule has 0 fully saturated rings. The number of carboxylic acids is 1. The van der Waals surface area contributed by atoms with Gasteiger partial charge >= 0.3 is 5.97 Å². The van der Waals surface area contributed by atoms with Crippen molar-refractivity contribution in [2.75, 3.05) is 0 Å². The lowest BCUT2D eigenvalue weighted by Crippen LogP contribution is -2.26. The van der Waals surface area contributed by atoms with Crippen LogP contribution in [0.1, 0.15) is 44.2 Å². The molecular weight excluding hydrogens is 301 g/mol. The molecule has 2 N–H and O–H groups in total. The quantitative estimate of drug-likeness (QED) is 0.751. The number of amides is 1. The van der Waals surface area contributed by atoms with Crippen molar-refractivity contribution >= 4 is 35.1 Å². The molecule has 0 radical (unpaired) electrons. The molecule has 1 amide bonds. The van der Waals surface area contributed by atoms with Gasteiger partial charge in [-0.1, -0.05) is 35.3 Å². The minimum atomic E-state index is -0.843. The van der Waals surface area contributed by atoms with E-state index in [1.807, 2.05) is 13.0 Å². The molecule has 0 aliphatic carbocycles. The zero-order chi connectivity index (χ0) is 15.1. The smallest absolute Gasteiger partial charge is 0.303 e. The first kappa shape index (κ1) is 16.8. The van der Waals surface area contributed by atoms with Crippen LogP contribution < -0.4 is 5.32 Å². The number of benzene rings is 1. The van der Waals surface area contributed by atoms with E-state index in [2.05, 4.69) is 5.32 Å². The first-order valence-corrected chi connectivity index (χ1v) is 7.12. The molecule has 0 spiro atoms. The number of carbonyl (C=O) groups excluding carboxylic acids is 1. The number of aliphatic carboxylic acids is 1. The first-order valence-electron chi connectivity index (χ1n) is 6.37. The molecule has 1 rings (SSSR count). The molecule has 1 aromatic carbocycles. The largest absolute Gasteiger partial charge is 0.481 e. The molecule has 1 atom stereocenters. The van der Waals surface area contributed by atoms with Crippen molar-refractivity contribution in [3.05, 3.63) is 33.8 Å². The number of halogens is 2. The maximum atomic E-state index is 11.7. The monoisotopic (exact) mass is 317 g/mol. The fraction of sp³-hybridized carbons (Fsp3) is 0.429. The summed E-state index contributed by atoms with van der Waals surface area (Å²) in [6.07, 6.45) is 1.43. The van der Waals surface area contributed by atoms with Gasteiger partial charge in [0.05, 0.1) is 16.1 Å². The fourth-order valence-electron chi connectivity index (χ4n) is 1.81. The third kappa shape index (κ3) is 5.39. The highest BCUT2D eigenvalue weighted by atomic mass is 35.5. The number of carbonyl (C=O) groups is 2. The van der Waals surface area contributed by atoms with Gasteiger partial charge in [0.2, 0.25) is 5.91 Å². The van der Waals surface area contributed by atoms with Gasteiger partial charge in [0.15, 0.2) is 0 Å². The Kier molecular flexibility index (Phi) is 6.82. The standard InChI is InChI=1S/C14H17Cl2NO3/c1-9(10-5-4-6-11(15)14(10)16)17-12(18)7-2-3-8-13(19)20/h4-6,9H,2-3,7-8H2,1H3,(H,17,18)(H,19,20). The summed E-state index contributed by atoms with van der Waals surface area (Å²) >= 11 is 12.0. The van der Waals surface area contributed by atoms with Crippen molar-refractivity contribution in [3.63, 3.8) is 0 Å². The van der Waals surface area contributed by atoms with Crippen molar-refractivity contribution in [2.24, 2.45) is 0 Å². The normalized spacial score (nSPS) is 11.9. The zero-order valence-electron chi connectivity index (χ0n) is 11.2. The van der Waals surface area contributed by atoms with Crippen molar-refractivity contribution in [2.45, 2.75) is 38.6 Å². The predicted molar refractivity (Wildman–Crippen MR) is 79.1 cm³/mol. The summed E-state index contributed by atoms with van der Waals surface area (Å²) in [6, 6.07) is 5.03. The summed E-state index contributed by atoms with van der Waals surface area (Å²) < 4.78 is 0. The summed E-state index contributed by atoms with van der Waals surface area (Å²) in [5.41, 5.74) is 0.762. The Morgan fingerprint density at radius 3 is 2.55 bits per heavy atom. The second-order valence-corrected chi connectivity index (χ2v) is 5.32. The lowest BCUT2D eigenvalue weighted by Gasteiger charge is -2.16. The van der Waals surface area contributed by atoms with Crippen molar-refractivity contribution in [3.8, 4) is 0 Å². The van der Waals surface area contributed by atoms with Gasteiger partial charge in [-0.15, -0.1) is 0 Å². The molecule has 0 aliphatic heterocycles. The first-order chi connectivity index (χ1) is 9.41. The molecule has 6 heteroatoms. The average molecular weight is 318 g/mol. The van der Waals surface area contributed by atoms with Gasteiger partial charge in [0.25, 0.3) is 0 Å². The Hall–Kier alpha value is -1.26. The molecule has 4 nitrogen and oxygen atoms in total. The highest BCUT2D eigenvalue weighted by Crippen LogP contribution is 2.29. The summed E-state index contributed by atoms with van der Waals surface area (Å²) in [4.78, 5) is 22.1. The predicted octanol–water partition coefficient (Wildman–Crippen LogP) is 3.82. The minimum absolute atomic E-state index is 0.0863. The van der Waals surface area contributed by atoms with Crippen LogP contribution in [0.2, 0.25) is 10.0 Å². The molecule has 0 saturated heterocycles. The van der Waals surface area contributed by atoms with Crippen LogP contribution in [0.15, 0.2) is 18.2 Å². The summed E-state index contributed by atoms with van der Waals surface area (Å²) in [6.45, 7) is 1.83. The van der Waals surface area contributed by atoms with E-state index in [9.17, 15) is 9.59 Å². The van der Waals surface area contributed by atoms with Crippen LogP contribution in [-0.4, -0.2) is 17.0 Å². The minimum Gasteiger partial charge on any atom is -0.481 e. The number of unbranched alkanes of at least 4 members (excludes halogenated alkanes) is 1. The molecule has 1 aromatic rings. The highest BCUT2D eigenvalue weighted by Gasteiger charge is 2.14. The van der Waals surface area contributed by atoms with E-state index in [1.165, 1.54) is 0 Å². The molecule has 1 unspecified atom stereocenters. The van der Waals surface area contributed by atoms with Gasteiger partial charge in [0, 0.05) is 12.8 Å². The average Bonchev–Trinajstić information content (AvgIpc) is 2.37. The van der Waals surface area contributed by atoms with Gasteiger partial charge in [0.1, 0.15) is 0 Å². The Morgan fingerprint density at radius 1 is 1.25 bits per heavy atom. The van der Waals surface area contributed by atoms with Crippen LogP contribution in [0.3, 0.4) is 0 Å². The molecule has 0 bridgehead atoms. The number of hydrogen-bond donors (Lipinski definition) is 2. The van der Waals surface area contributed by atoms with Gasteiger partial charge in [-0.25, -0.2) is 0 Å². The van der Waals surface area contributed by atoms with E-state index in [4.69, 9.17) is 28.3 Å². The number of nitrogens with one attached hydrogen (secondary N) is 1. The van der Waals surface area contributed by atoms with Crippen LogP contribution in [0.4, 0.5) is 0 Å².